The Morgan fingerprint density at radius 1 is 1.09 bits per heavy atom. The smallest absolute Gasteiger partial charge is 0.363 e. The standard InChI is InChI=1S/C26H21IN2O6/c1-3-33-24-14-17(11-12-23(24)34-15-18-7-4-5-9-20(18)27)13-21-26(30)35-25(28-21)19-8-6-10-22(16(19)2)29(31)32/h4-14H,3,15H2,1-2H3/b21-13-. The molecule has 0 saturated carbocycles. The van der Waals surface area contributed by atoms with E-state index in [1.165, 1.54) is 12.1 Å². The molecule has 0 unspecified atom stereocenters. The van der Waals surface area contributed by atoms with Crippen molar-refractivity contribution in [2.24, 2.45) is 4.99 Å². The van der Waals surface area contributed by atoms with Crippen LogP contribution in [-0.2, 0) is 16.1 Å². The zero-order valence-electron chi connectivity index (χ0n) is 19.0. The van der Waals surface area contributed by atoms with Gasteiger partial charge >= 0.3 is 5.97 Å². The predicted octanol–water partition coefficient (Wildman–Crippen LogP) is 5.83. The van der Waals surface area contributed by atoms with Crippen LogP contribution >= 0.6 is 22.6 Å². The number of rotatable bonds is 8. The molecule has 0 saturated heterocycles. The molecule has 4 rings (SSSR count). The van der Waals surface area contributed by atoms with E-state index in [9.17, 15) is 14.9 Å². The van der Waals surface area contributed by atoms with E-state index in [-0.39, 0.29) is 17.3 Å². The number of esters is 1. The maximum absolute atomic E-state index is 12.5. The van der Waals surface area contributed by atoms with Crippen molar-refractivity contribution in [1.29, 1.82) is 0 Å². The van der Waals surface area contributed by atoms with E-state index in [0.717, 1.165) is 9.13 Å². The molecule has 9 heteroatoms. The highest BCUT2D eigenvalue weighted by atomic mass is 127. The molecule has 0 aromatic heterocycles. The van der Waals surface area contributed by atoms with Gasteiger partial charge in [-0.3, -0.25) is 10.1 Å². The minimum absolute atomic E-state index is 0.0323. The van der Waals surface area contributed by atoms with Gasteiger partial charge in [-0.15, -0.1) is 0 Å². The SMILES string of the molecule is CCOc1cc(/C=C2\N=C(c3cccc([N+](=O)[O-])c3C)OC2=O)ccc1OCc1ccccc1I. The first-order valence-electron chi connectivity index (χ1n) is 10.8. The van der Waals surface area contributed by atoms with E-state index in [0.29, 0.717) is 41.4 Å². The topological polar surface area (TPSA) is 100 Å². The van der Waals surface area contributed by atoms with E-state index in [4.69, 9.17) is 14.2 Å². The van der Waals surface area contributed by atoms with Crippen LogP contribution < -0.4 is 9.47 Å². The zero-order valence-corrected chi connectivity index (χ0v) is 21.1. The number of carbonyl (C=O) groups is 1. The number of nitro groups is 1. The summed E-state index contributed by atoms with van der Waals surface area (Å²) in [6.07, 6.45) is 1.58. The Kier molecular flexibility index (Phi) is 7.45. The van der Waals surface area contributed by atoms with Gasteiger partial charge in [-0.2, -0.15) is 0 Å². The third-order valence-corrected chi connectivity index (χ3v) is 6.32. The Hall–Kier alpha value is -3.73. The second-order valence-electron chi connectivity index (χ2n) is 7.56. The van der Waals surface area contributed by atoms with Gasteiger partial charge in [0.05, 0.1) is 11.5 Å². The molecule has 0 amide bonds. The minimum Gasteiger partial charge on any atom is -0.490 e. The zero-order chi connectivity index (χ0) is 24.9. The molecule has 3 aromatic rings. The highest BCUT2D eigenvalue weighted by Crippen LogP contribution is 2.32. The third-order valence-electron chi connectivity index (χ3n) is 5.26. The Balaban J connectivity index is 1.60. The van der Waals surface area contributed by atoms with E-state index in [2.05, 4.69) is 27.6 Å². The lowest BCUT2D eigenvalue weighted by Crippen LogP contribution is -2.08. The third kappa shape index (κ3) is 5.51. The van der Waals surface area contributed by atoms with Crippen molar-refractivity contribution in [3.63, 3.8) is 0 Å². The Morgan fingerprint density at radius 3 is 2.63 bits per heavy atom. The van der Waals surface area contributed by atoms with Gasteiger partial charge < -0.3 is 14.2 Å². The molecule has 3 aromatic carbocycles. The van der Waals surface area contributed by atoms with E-state index >= 15 is 0 Å². The van der Waals surface area contributed by atoms with Gasteiger partial charge in [0.1, 0.15) is 6.61 Å². The summed E-state index contributed by atoms with van der Waals surface area (Å²) in [6, 6.07) is 17.8. The van der Waals surface area contributed by atoms with E-state index < -0.39 is 10.9 Å². The number of ether oxygens (including phenoxy) is 3. The van der Waals surface area contributed by atoms with Crippen LogP contribution in [0.5, 0.6) is 11.5 Å². The summed E-state index contributed by atoms with van der Waals surface area (Å²) in [5, 5.41) is 11.2. The fraction of sp³-hybridized carbons (Fsp3) is 0.154. The fourth-order valence-corrected chi connectivity index (χ4v) is 4.05. The molecule has 35 heavy (non-hydrogen) atoms. The van der Waals surface area contributed by atoms with Gasteiger partial charge in [0.25, 0.3) is 5.69 Å². The van der Waals surface area contributed by atoms with Gasteiger partial charge in [-0.05, 0) is 72.3 Å². The normalized spacial score (nSPS) is 14.0. The Labute approximate surface area is 215 Å². The first-order chi connectivity index (χ1) is 16.9. The molecule has 178 valence electrons. The number of hydrogen-bond acceptors (Lipinski definition) is 7. The molecular weight excluding hydrogens is 563 g/mol. The maximum atomic E-state index is 12.5. The number of nitro benzene ring substituents is 1. The summed E-state index contributed by atoms with van der Waals surface area (Å²) in [5.74, 6) is 0.518. The summed E-state index contributed by atoms with van der Waals surface area (Å²) < 4.78 is 18.2. The lowest BCUT2D eigenvalue weighted by molar-refractivity contribution is -0.385. The number of aliphatic imine (C=N–C) groups is 1. The molecule has 0 bridgehead atoms. The quantitative estimate of drug-likeness (QED) is 0.109. The van der Waals surface area contributed by atoms with Crippen LogP contribution in [-0.4, -0.2) is 23.4 Å². The number of nitrogens with zero attached hydrogens (tertiary/aromatic N) is 2. The van der Waals surface area contributed by atoms with Crippen LogP contribution in [0.1, 0.15) is 29.2 Å². The second-order valence-corrected chi connectivity index (χ2v) is 8.72. The summed E-state index contributed by atoms with van der Waals surface area (Å²) in [7, 11) is 0. The van der Waals surface area contributed by atoms with Crippen molar-refractivity contribution in [1.82, 2.24) is 0 Å². The molecule has 0 N–H and O–H groups in total. The van der Waals surface area contributed by atoms with Crippen molar-refractivity contribution in [3.8, 4) is 11.5 Å². The second kappa shape index (κ2) is 10.7. The number of benzene rings is 3. The monoisotopic (exact) mass is 584 g/mol. The van der Waals surface area contributed by atoms with Crippen LogP contribution in [0.4, 0.5) is 5.69 Å². The van der Waals surface area contributed by atoms with Gasteiger partial charge in [-0.1, -0.05) is 30.3 Å². The highest BCUT2D eigenvalue weighted by molar-refractivity contribution is 14.1. The Bertz CT molecular complexity index is 1370. The summed E-state index contributed by atoms with van der Waals surface area (Å²) >= 11 is 2.27. The van der Waals surface area contributed by atoms with Gasteiger partial charge in [0.15, 0.2) is 17.2 Å². The van der Waals surface area contributed by atoms with E-state index in [1.807, 2.05) is 31.2 Å². The molecular formula is C26H21IN2O6. The van der Waals surface area contributed by atoms with Crippen molar-refractivity contribution in [2.75, 3.05) is 6.61 Å². The molecule has 0 spiro atoms. The lowest BCUT2D eigenvalue weighted by Gasteiger charge is -2.13. The largest absolute Gasteiger partial charge is 0.490 e. The molecule has 0 radical (unpaired) electrons. The average Bonchev–Trinajstić information content (AvgIpc) is 3.19. The molecule has 0 aliphatic carbocycles. The van der Waals surface area contributed by atoms with Gasteiger partial charge in [0, 0.05) is 26.3 Å². The molecule has 1 aliphatic rings. The molecule has 0 atom stereocenters. The van der Waals surface area contributed by atoms with Crippen molar-refractivity contribution >= 4 is 46.2 Å². The Morgan fingerprint density at radius 2 is 1.89 bits per heavy atom. The maximum Gasteiger partial charge on any atom is 0.363 e. The number of hydrogen-bond donors (Lipinski definition) is 0. The van der Waals surface area contributed by atoms with Crippen LogP contribution in [0.15, 0.2) is 71.4 Å². The summed E-state index contributed by atoms with van der Waals surface area (Å²) in [4.78, 5) is 27.5. The van der Waals surface area contributed by atoms with Crippen molar-refractivity contribution in [3.05, 3.63) is 102 Å². The van der Waals surface area contributed by atoms with Crippen LogP contribution in [0.2, 0.25) is 0 Å². The summed E-state index contributed by atoms with van der Waals surface area (Å²) in [5.41, 5.74) is 2.52. The van der Waals surface area contributed by atoms with Crippen molar-refractivity contribution < 1.29 is 23.9 Å². The van der Waals surface area contributed by atoms with Gasteiger partial charge in [0.2, 0.25) is 5.90 Å². The van der Waals surface area contributed by atoms with Gasteiger partial charge in [-0.25, -0.2) is 9.79 Å². The molecule has 8 nitrogen and oxygen atoms in total. The number of cyclic esters (lactones) is 1. The van der Waals surface area contributed by atoms with Crippen molar-refractivity contribution in [2.45, 2.75) is 20.5 Å². The first-order valence-corrected chi connectivity index (χ1v) is 11.8. The average molecular weight is 584 g/mol. The summed E-state index contributed by atoms with van der Waals surface area (Å²) in [6.45, 7) is 4.30. The van der Waals surface area contributed by atoms with Crippen LogP contribution in [0.25, 0.3) is 6.08 Å². The van der Waals surface area contributed by atoms with Crippen LogP contribution in [0.3, 0.4) is 0 Å². The molecule has 1 heterocycles. The number of carbonyl (C=O) groups excluding carboxylic acids is 1. The molecule has 0 fully saturated rings. The van der Waals surface area contributed by atoms with E-state index in [1.54, 1.807) is 37.3 Å². The number of halogens is 1. The first kappa shape index (κ1) is 24.4. The lowest BCUT2D eigenvalue weighted by atomic mass is 10.1. The highest BCUT2D eigenvalue weighted by Gasteiger charge is 2.27. The fourth-order valence-electron chi connectivity index (χ4n) is 3.51. The minimum atomic E-state index is -0.636. The van der Waals surface area contributed by atoms with Crippen LogP contribution in [0, 0.1) is 20.6 Å². The molecule has 1 aliphatic heterocycles. The predicted molar refractivity (Wildman–Crippen MR) is 140 cm³/mol.